The van der Waals surface area contributed by atoms with Crippen LogP contribution in [0.1, 0.15) is 47.2 Å². The van der Waals surface area contributed by atoms with Gasteiger partial charge in [-0.3, -0.25) is 9.69 Å². The van der Waals surface area contributed by atoms with Crippen LogP contribution in [0, 0.1) is 17.1 Å². The number of hydrogen-bond acceptors (Lipinski definition) is 4. The maximum Gasteiger partial charge on any atom is 0.417 e. The summed E-state index contributed by atoms with van der Waals surface area (Å²) in [5.74, 6) is -1.40. The standard InChI is InChI=1S/C23H20F4N4O2S/c1-29-19(32)16-7-6-15(11-18(16)24)31-21(34)30(20(33)22(31)8-2-3-9-22)14-5-4-13(12-28)17(10-14)23(25,26)27/h4-7,10-11,20,33H,2-3,8-9H2,1H3,(H,29,32). The van der Waals surface area contributed by atoms with E-state index in [2.05, 4.69) is 5.32 Å². The molecule has 34 heavy (non-hydrogen) atoms. The molecule has 1 atom stereocenters. The Bertz CT molecular complexity index is 1200. The van der Waals surface area contributed by atoms with Gasteiger partial charge in [0, 0.05) is 18.4 Å². The van der Waals surface area contributed by atoms with Gasteiger partial charge < -0.3 is 15.3 Å². The summed E-state index contributed by atoms with van der Waals surface area (Å²) in [6.45, 7) is 0. The number of anilines is 2. The third kappa shape index (κ3) is 3.67. The van der Waals surface area contributed by atoms with Gasteiger partial charge in [-0.1, -0.05) is 12.8 Å². The fraction of sp³-hybridized carbons (Fsp3) is 0.348. The largest absolute Gasteiger partial charge is 0.417 e. The van der Waals surface area contributed by atoms with Crippen LogP contribution in [0.2, 0.25) is 0 Å². The molecule has 1 saturated carbocycles. The van der Waals surface area contributed by atoms with Crippen LogP contribution in [0.4, 0.5) is 28.9 Å². The van der Waals surface area contributed by atoms with Gasteiger partial charge in [-0.15, -0.1) is 0 Å². The highest BCUT2D eigenvalue weighted by Crippen LogP contribution is 2.48. The Balaban J connectivity index is 1.82. The molecule has 2 aromatic rings. The smallest absolute Gasteiger partial charge is 0.371 e. The van der Waals surface area contributed by atoms with Crippen molar-refractivity contribution in [3.05, 3.63) is 58.9 Å². The first-order valence-corrected chi connectivity index (χ1v) is 10.9. The Hall–Kier alpha value is -3.23. The number of thiocarbonyl (C=S) groups is 1. The van der Waals surface area contributed by atoms with Crippen LogP contribution >= 0.6 is 12.2 Å². The van der Waals surface area contributed by atoms with E-state index in [1.165, 1.54) is 36.2 Å². The summed E-state index contributed by atoms with van der Waals surface area (Å²) >= 11 is 5.60. The fourth-order valence-electron chi connectivity index (χ4n) is 4.82. The minimum atomic E-state index is -4.78. The molecule has 1 amide bonds. The molecule has 1 aliphatic heterocycles. The Morgan fingerprint density at radius 1 is 1.21 bits per heavy atom. The maximum atomic E-state index is 14.8. The molecule has 178 valence electrons. The topological polar surface area (TPSA) is 79.6 Å². The summed E-state index contributed by atoms with van der Waals surface area (Å²) in [5.41, 5.74) is -2.58. The van der Waals surface area contributed by atoms with Gasteiger partial charge in [0.2, 0.25) is 0 Å². The summed E-state index contributed by atoms with van der Waals surface area (Å²) in [4.78, 5) is 14.7. The number of nitriles is 1. The van der Waals surface area contributed by atoms with Crippen molar-refractivity contribution >= 4 is 34.6 Å². The van der Waals surface area contributed by atoms with Gasteiger partial charge in [0.1, 0.15) is 5.82 Å². The van der Waals surface area contributed by atoms with Crippen LogP contribution in [-0.4, -0.2) is 34.9 Å². The van der Waals surface area contributed by atoms with Crippen molar-refractivity contribution < 1.29 is 27.5 Å². The van der Waals surface area contributed by atoms with Gasteiger partial charge in [0.25, 0.3) is 5.91 Å². The van der Waals surface area contributed by atoms with Crippen LogP contribution < -0.4 is 15.1 Å². The number of aliphatic hydroxyl groups excluding tert-OH is 1. The van der Waals surface area contributed by atoms with Crippen molar-refractivity contribution in [2.45, 2.75) is 43.6 Å². The summed E-state index contributed by atoms with van der Waals surface area (Å²) in [7, 11) is 1.37. The van der Waals surface area contributed by atoms with E-state index in [-0.39, 0.29) is 22.1 Å². The lowest BCUT2D eigenvalue weighted by atomic mass is 9.93. The van der Waals surface area contributed by atoms with Crippen molar-refractivity contribution in [2.24, 2.45) is 0 Å². The van der Waals surface area contributed by atoms with Gasteiger partial charge in [0.05, 0.1) is 28.3 Å². The molecule has 1 aliphatic carbocycles. The highest BCUT2D eigenvalue weighted by Gasteiger charge is 2.57. The second-order valence-electron chi connectivity index (χ2n) is 8.26. The fourth-order valence-corrected chi connectivity index (χ4v) is 5.32. The molecule has 6 nitrogen and oxygen atoms in total. The molecule has 2 aromatic carbocycles. The van der Waals surface area contributed by atoms with E-state index in [0.29, 0.717) is 12.8 Å². The number of hydrogen-bond donors (Lipinski definition) is 2. The number of halogens is 4. The van der Waals surface area contributed by atoms with E-state index in [4.69, 9.17) is 17.5 Å². The molecule has 2 N–H and O–H groups in total. The van der Waals surface area contributed by atoms with Gasteiger partial charge in [0.15, 0.2) is 11.3 Å². The molecule has 1 unspecified atom stereocenters. The molecular formula is C23H20F4N4O2S. The molecule has 2 fully saturated rings. The van der Waals surface area contributed by atoms with Gasteiger partial charge in [-0.25, -0.2) is 4.39 Å². The van der Waals surface area contributed by atoms with Crippen molar-refractivity contribution in [2.75, 3.05) is 16.8 Å². The lowest BCUT2D eigenvalue weighted by Crippen LogP contribution is -2.50. The van der Waals surface area contributed by atoms with E-state index in [1.54, 1.807) is 4.90 Å². The third-order valence-corrected chi connectivity index (χ3v) is 6.81. The van der Waals surface area contributed by atoms with Crippen molar-refractivity contribution in [3.63, 3.8) is 0 Å². The van der Waals surface area contributed by atoms with Gasteiger partial charge in [-0.05, 0) is 61.5 Å². The number of alkyl halides is 3. The molecule has 0 bridgehead atoms. The summed E-state index contributed by atoms with van der Waals surface area (Å²) < 4.78 is 55.4. The number of aliphatic hydroxyl groups is 1. The quantitative estimate of drug-likeness (QED) is 0.491. The normalized spacial score (nSPS) is 19.6. The lowest BCUT2D eigenvalue weighted by molar-refractivity contribution is -0.137. The zero-order valence-electron chi connectivity index (χ0n) is 18.0. The van der Waals surface area contributed by atoms with E-state index in [9.17, 15) is 27.5 Å². The van der Waals surface area contributed by atoms with Crippen molar-refractivity contribution in [1.82, 2.24) is 5.32 Å². The van der Waals surface area contributed by atoms with E-state index < -0.39 is 40.8 Å². The minimum Gasteiger partial charge on any atom is -0.371 e. The second-order valence-corrected chi connectivity index (χ2v) is 8.62. The van der Waals surface area contributed by atoms with Crippen LogP contribution in [0.25, 0.3) is 0 Å². The third-order valence-electron chi connectivity index (χ3n) is 6.43. The Labute approximate surface area is 198 Å². The first-order chi connectivity index (χ1) is 16.0. The Morgan fingerprint density at radius 3 is 2.41 bits per heavy atom. The minimum absolute atomic E-state index is 0.000625. The number of nitrogens with zero attached hydrogens (tertiary/aromatic N) is 3. The predicted octanol–water partition coefficient (Wildman–Crippen LogP) is 4.32. The Morgan fingerprint density at radius 2 is 1.85 bits per heavy atom. The van der Waals surface area contributed by atoms with E-state index >= 15 is 0 Å². The zero-order valence-corrected chi connectivity index (χ0v) is 18.8. The van der Waals surface area contributed by atoms with E-state index in [1.807, 2.05) is 0 Å². The summed E-state index contributed by atoms with van der Waals surface area (Å²) in [5, 5.41) is 22.8. The molecule has 11 heteroatoms. The molecule has 1 saturated heterocycles. The predicted molar refractivity (Wildman–Crippen MR) is 121 cm³/mol. The lowest BCUT2D eigenvalue weighted by Gasteiger charge is -2.36. The summed E-state index contributed by atoms with van der Waals surface area (Å²) in [6, 6.07) is 8.58. The average Bonchev–Trinajstić information content (AvgIpc) is 3.36. The van der Waals surface area contributed by atoms with Crippen LogP contribution in [-0.2, 0) is 6.18 Å². The molecule has 0 aromatic heterocycles. The number of benzene rings is 2. The van der Waals surface area contributed by atoms with Gasteiger partial charge >= 0.3 is 6.18 Å². The highest BCUT2D eigenvalue weighted by atomic mass is 32.1. The van der Waals surface area contributed by atoms with Gasteiger partial charge in [-0.2, -0.15) is 18.4 Å². The van der Waals surface area contributed by atoms with Crippen LogP contribution in [0.15, 0.2) is 36.4 Å². The highest BCUT2D eigenvalue weighted by molar-refractivity contribution is 7.80. The molecule has 4 rings (SSSR count). The van der Waals surface area contributed by atoms with E-state index in [0.717, 1.165) is 31.0 Å². The average molecular weight is 492 g/mol. The molecule has 0 radical (unpaired) electrons. The number of carbonyl (C=O) groups excluding carboxylic acids is 1. The van der Waals surface area contributed by atoms with Crippen molar-refractivity contribution in [1.29, 1.82) is 5.26 Å². The second kappa shape index (κ2) is 8.52. The summed E-state index contributed by atoms with van der Waals surface area (Å²) in [6.07, 6.45) is -3.65. The molecule has 1 heterocycles. The number of rotatable bonds is 3. The maximum absolute atomic E-state index is 14.8. The molecule has 2 aliphatic rings. The first-order valence-electron chi connectivity index (χ1n) is 10.5. The van der Waals surface area contributed by atoms with Crippen LogP contribution in [0.3, 0.4) is 0 Å². The van der Waals surface area contributed by atoms with Crippen molar-refractivity contribution in [3.8, 4) is 6.07 Å². The SMILES string of the molecule is CNC(=O)c1ccc(N2C(=S)N(c3ccc(C#N)c(C(F)(F)F)c3)C(O)C23CCCC3)cc1F. The first kappa shape index (κ1) is 23.9. The molecule has 1 spiro atoms. The Kier molecular flexibility index (Phi) is 5.99. The van der Waals surface area contributed by atoms with Crippen LogP contribution in [0.5, 0.6) is 0 Å². The molecular weight excluding hydrogens is 472 g/mol. The number of nitrogens with one attached hydrogen (secondary N) is 1. The number of amides is 1. The number of carbonyl (C=O) groups is 1. The monoisotopic (exact) mass is 492 g/mol. The zero-order chi connectivity index (χ0) is 24.8.